The number of hydrogen-bond donors (Lipinski definition) is 1. The van der Waals surface area contributed by atoms with Gasteiger partial charge in [-0.3, -0.25) is 0 Å². The molecule has 1 aliphatic rings. The Kier molecular flexibility index (Phi) is 5.60. The van der Waals surface area contributed by atoms with E-state index in [0.29, 0.717) is 6.04 Å². The van der Waals surface area contributed by atoms with Crippen LogP contribution in [0, 0.1) is 5.92 Å². The van der Waals surface area contributed by atoms with Gasteiger partial charge in [-0.2, -0.15) is 0 Å². The largest absolute Gasteiger partial charge is 0.453 e. The van der Waals surface area contributed by atoms with E-state index < -0.39 is 0 Å². The van der Waals surface area contributed by atoms with Crippen molar-refractivity contribution in [3.05, 3.63) is 0 Å². The third-order valence-corrected chi connectivity index (χ3v) is 3.01. The minimum Gasteiger partial charge on any atom is -0.453 e. The summed E-state index contributed by atoms with van der Waals surface area (Å²) in [4.78, 5) is 13.2. The van der Waals surface area contributed by atoms with Crippen molar-refractivity contribution in [1.82, 2.24) is 10.2 Å². The maximum atomic E-state index is 11.4. The first-order valence-electron chi connectivity index (χ1n) is 6.19. The zero-order chi connectivity index (χ0) is 12.0. The quantitative estimate of drug-likeness (QED) is 0.798. The Labute approximate surface area is 98.3 Å². The molecule has 1 heterocycles. The van der Waals surface area contributed by atoms with E-state index in [1.54, 1.807) is 4.90 Å². The lowest BCUT2D eigenvalue weighted by Gasteiger charge is -2.32. The van der Waals surface area contributed by atoms with Crippen molar-refractivity contribution in [3.8, 4) is 0 Å². The van der Waals surface area contributed by atoms with Gasteiger partial charge in [-0.05, 0) is 31.7 Å². The number of nitrogens with zero attached hydrogens (tertiary/aromatic N) is 1. The van der Waals surface area contributed by atoms with Crippen molar-refractivity contribution in [1.29, 1.82) is 0 Å². The molecule has 94 valence electrons. The molecular formula is C12H24N2O2. The lowest BCUT2D eigenvalue weighted by molar-refractivity contribution is 0.107. The Morgan fingerprint density at radius 1 is 1.56 bits per heavy atom. The van der Waals surface area contributed by atoms with Crippen LogP contribution in [0.5, 0.6) is 0 Å². The molecule has 1 rings (SSSR count). The molecule has 4 nitrogen and oxygen atoms in total. The summed E-state index contributed by atoms with van der Waals surface area (Å²) >= 11 is 0. The summed E-state index contributed by atoms with van der Waals surface area (Å²) < 4.78 is 4.74. The van der Waals surface area contributed by atoms with Crippen LogP contribution in [-0.4, -0.2) is 43.8 Å². The third-order valence-electron chi connectivity index (χ3n) is 3.01. The van der Waals surface area contributed by atoms with Gasteiger partial charge in [0, 0.05) is 19.1 Å². The molecule has 16 heavy (non-hydrogen) atoms. The first-order valence-corrected chi connectivity index (χ1v) is 6.19. The average molecular weight is 228 g/mol. The van der Waals surface area contributed by atoms with E-state index in [-0.39, 0.29) is 6.09 Å². The normalized spacial score (nSPS) is 21.2. The number of nitrogens with one attached hydrogen (secondary N) is 1. The maximum Gasteiger partial charge on any atom is 0.409 e. The van der Waals surface area contributed by atoms with Crippen LogP contribution >= 0.6 is 0 Å². The molecule has 0 spiro atoms. The van der Waals surface area contributed by atoms with E-state index in [4.69, 9.17) is 4.74 Å². The smallest absolute Gasteiger partial charge is 0.409 e. The van der Waals surface area contributed by atoms with E-state index in [2.05, 4.69) is 19.2 Å². The molecule has 0 aromatic heterocycles. The van der Waals surface area contributed by atoms with Gasteiger partial charge in [0.15, 0.2) is 0 Å². The van der Waals surface area contributed by atoms with Crippen LogP contribution in [-0.2, 0) is 4.74 Å². The van der Waals surface area contributed by atoms with Crippen molar-refractivity contribution in [3.63, 3.8) is 0 Å². The summed E-state index contributed by atoms with van der Waals surface area (Å²) in [7, 11) is 1.44. The van der Waals surface area contributed by atoms with Crippen LogP contribution in [0.2, 0.25) is 0 Å². The van der Waals surface area contributed by atoms with Gasteiger partial charge in [-0.25, -0.2) is 4.79 Å². The van der Waals surface area contributed by atoms with Crippen molar-refractivity contribution in [2.75, 3.05) is 26.7 Å². The van der Waals surface area contributed by atoms with E-state index in [1.807, 2.05) is 0 Å². The van der Waals surface area contributed by atoms with E-state index in [9.17, 15) is 4.79 Å². The maximum absolute atomic E-state index is 11.4. The van der Waals surface area contributed by atoms with Crippen LogP contribution in [0.15, 0.2) is 0 Å². The molecule has 1 N–H and O–H groups in total. The second-order valence-electron chi connectivity index (χ2n) is 4.89. The molecule has 1 saturated heterocycles. The number of likely N-dealkylation sites (tertiary alicyclic amines) is 1. The van der Waals surface area contributed by atoms with Crippen molar-refractivity contribution in [2.45, 2.75) is 39.2 Å². The Balaban J connectivity index is 2.25. The predicted molar refractivity (Wildman–Crippen MR) is 64.5 cm³/mol. The van der Waals surface area contributed by atoms with Crippen molar-refractivity contribution >= 4 is 6.09 Å². The van der Waals surface area contributed by atoms with Crippen LogP contribution in [0.3, 0.4) is 0 Å². The highest BCUT2D eigenvalue weighted by atomic mass is 16.5. The Morgan fingerprint density at radius 2 is 2.31 bits per heavy atom. The highest BCUT2D eigenvalue weighted by Gasteiger charge is 2.23. The Morgan fingerprint density at radius 3 is 2.94 bits per heavy atom. The van der Waals surface area contributed by atoms with Gasteiger partial charge in [-0.1, -0.05) is 13.8 Å². The van der Waals surface area contributed by atoms with Gasteiger partial charge in [0.05, 0.1) is 7.11 Å². The topological polar surface area (TPSA) is 41.6 Å². The van der Waals surface area contributed by atoms with E-state index >= 15 is 0 Å². The molecule has 1 atom stereocenters. The zero-order valence-corrected chi connectivity index (χ0v) is 10.7. The molecule has 1 amide bonds. The molecule has 0 aromatic rings. The number of amides is 1. The summed E-state index contributed by atoms with van der Waals surface area (Å²) in [5, 5.41) is 3.51. The number of carbonyl (C=O) groups excluding carboxylic acids is 1. The van der Waals surface area contributed by atoms with Gasteiger partial charge in [0.25, 0.3) is 0 Å². The lowest BCUT2D eigenvalue weighted by Crippen LogP contribution is -2.48. The molecule has 1 unspecified atom stereocenters. The summed E-state index contributed by atoms with van der Waals surface area (Å²) in [5.74, 6) is 0.729. The number of carbonyl (C=O) groups is 1. The Bertz CT molecular complexity index is 219. The monoisotopic (exact) mass is 228 g/mol. The second kappa shape index (κ2) is 6.74. The molecule has 1 aliphatic heterocycles. The SMILES string of the molecule is COC(=O)N1CCCC(NCCC(C)C)C1. The van der Waals surface area contributed by atoms with Gasteiger partial charge < -0.3 is 15.0 Å². The fourth-order valence-electron chi connectivity index (χ4n) is 2.01. The van der Waals surface area contributed by atoms with E-state index in [0.717, 1.165) is 38.4 Å². The van der Waals surface area contributed by atoms with Gasteiger partial charge in [-0.15, -0.1) is 0 Å². The Hall–Kier alpha value is -0.770. The molecule has 0 aromatic carbocycles. The molecule has 1 fully saturated rings. The van der Waals surface area contributed by atoms with Gasteiger partial charge in [0.2, 0.25) is 0 Å². The number of rotatable bonds is 4. The number of ether oxygens (including phenoxy) is 1. The molecule has 0 radical (unpaired) electrons. The summed E-state index contributed by atoms with van der Waals surface area (Å²) in [6.07, 6.45) is 3.21. The van der Waals surface area contributed by atoms with Crippen LogP contribution in [0.25, 0.3) is 0 Å². The minimum atomic E-state index is -0.199. The molecule has 4 heteroatoms. The highest BCUT2D eigenvalue weighted by Crippen LogP contribution is 2.11. The first kappa shape index (κ1) is 13.3. The first-order chi connectivity index (χ1) is 7.63. The number of methoxy groups -OCH3 is 1. The molecule has 0 bridgehead atoms. The fourth-order valence-corrected chi connectivity index (χ4v) is 2.01. The number of hydrogen-bond acceptors (Lipinski definition) is 3. The van der Waals surface area contributed by atoms with Crippen molar-refractivity contribution in [2.24, 2.45) is 5.92 Å². The molecule has 0 saturated carbocycles. The van der Waals surface area contributed by atoms with Crippen molar-refractivity contribution < 1.29 is 9.53 Å². The molecule has 0 aliphatic carbocycles. The third kappa shape index (κ3) is 4.39. The fraction of sp³-hybridized carbons (Fsp3) is 0.917. The number of piperidine rings is 1. The zero-order valence-electron chi connectivity index (χ0n) is 10.7. The van der Waals surface area contributed by atoms with E-state index in [1.165, 1.54) is 13.5 Å². The molecular weight excluding hydrogens is 204 g/mol. The van der Waals surface area contributed by atoms with Crippen LogP contribution in [0.1, 0.15) is 33.1 Å². The second-order valence-corrected chi connectivity index (χ2v) is 4.89. The van der Waals surface area contributed by atoms with Gasteiger partial charge in [0.1, 0.15) is 0 Å². The minimum absolute atomic E-state index is 0.199. The average Bonchev–Trinajstić information content (AvgIpc) is 2.28. The van der Waals surface area contributed by atoms with Crippen LogP contribution < -0.4 is 5.32 Å². The summed E-state index contributed by atoms with van der Waals surface area (Å²) in [6.45, 7) is 7.10. The lowest BCUT2D eigenvalue weighted by atomic mass is 10.1. The summed E-state index contributed by atoms with van der Waals surface area (Å²) in [6, 6.07) is 0.437. The van der Waals surface area contributed by atoms with Crippen LogP contribution in [0.4, 0.5) is 4.79 Å². The standard InChI is InChI=1S/C12H24N2O2/c1-10(2)6-7-13-11-5-4-8-14(9-11)12(15)16-3/h10-11,13H,4-9H2,1-3H3. The predicted octanol–water partition coefficient (Wildman–Crippen LogP) is 1.85. The highest BCUT2D eigenvalue weighted by molar-refractivity contribution is 5.67. The van der Waals surface area contributed by atoms with Gasteiger partial charge >= 0.3 is 6.09 Å². The summed E-state index contributed by atoms with van der Waals surface area (Å²) in [5.41, 5.74) is 0.